The van der Waals surface area contributed by atoms with Crippen LogP contribution in [0.3, 0.4) is 0 Å². The standard InChI is InChI=1S/C29H26N2O4/c1-18-10-12-19(13-11-18)27(32)25-26(20-6-5-7-22(16-20)35-2)31(29(34)28(25)33)15-14-21-17-30-24-9-4-3-8-23(21)24/h3-13,16-17,26,30,32H,14-15H2,1-2H3/b27-25-. The quantitative estimate of drug-likeness (QED) is 0.234. The lowest BCUT2D eigenvalue weighted by Crippen LogP contribution is -2.31. The Morgan fingerprint density at radius 1 is 1.03 bits per heavy atom. The van der Waals surface area contributed by atoms with Crippen molar-refractivity contribution in [3.05, 3.63) is 107 Å². The number of nitrogens with one attached hydrogen (secondary N) is 1. The van der Waals surface area contributed by atoms with Crippen LogP contribution in [-0.2, 0) is 16.0 Å². The molecule has 1 aliphatic heterocycles. The molecule has 2 heterocycles. The second-order valence-electron chi connectivity index (χ2n) is 8.74. The minimum Gasteiger partial charge on any atom is -0.507 e. The Kier molecular flexibility index (Phi) is 5.87. The van der Waals surface area contributed by atoms with Crippen molar-refractivity contribution in [3.8, 4) is 5.75 Å². The molecule has 0 saturated carbocycles. The second kappa shape index (κ2) is 9.14. The highest BCUT2D eigenvalue weighted by Crippen LogP contribution is 2.40. The molecule has 0 spiro atoms. The summed E-state index contributed by atoms with van der Waals surface area (Å²) in [5.74, 6) is -0.869. The van der Waals surface area contributed by atoms with Crippen LogP contribution in [0.25, 0.3) is 16.7 Å². The van der Waals surface area contributed by atoms with Gasteiger partial charge < -0.3 is 19.7 Å². The van der Waals surface area contributed by atoms with Gasteiger partial charge in [0.1, 0.15) is 11.5 Å². The molecule has 1 amide bonds. The SMILES string of the molecule is COc1cccc(C2/C(=C(/O)c3ccc(C)cc3)C(=O)C(=O)N2CCc2c[nH]c3ccccc23)c1. The molecule has 0 radical (unpaired) electrons. The summed E-state index contributed by atoms with van der Waals surface area (Å²) >= 11 is 0. The maximum Gasteiger partial charge on any atom is 0.295 e. The molecule has 1 atom stereocenters. The number of ketones is 1. The minimum absolute atomic E-state index is 0.0889. The summed E-state index contributed by atoms with van der Waals surface area (Å²) < 4.78 is 5.39. The van der Waals surface area contributed by atoms with E-state index in [-0.39, 0.29) is 11.3 Å². The summed E-state index contributed by atoms with van der Waals surface area (Å²) in [4.78, 5) is 31.3. The van der Waals surface area contributed by atoms with Crippen molar-refractivity contribution in [2.75, 3.05) is 13.7 Å². The average molecular weight is 467 g/mol. The van der Waals surface area contributed by atoms with Crippen LogP contribution in [0, 0.1) is 6.92 Å². The largest absolute Gasteiger partial charge is 0.507 e. The normalized spacial score (nSPS) is 17.3. The van der Waals surface area contributed by atoms with Crippen LogP contribution in [0.4, 0.5) is 0 Å². The van der Waals surface area contributed by atoms with E-state index >= 15 is 0 Å². The maximum atomic E-state index is 13.3. The fraction of sp³-hybridized carbons (Fsp3) is 0.172. The van der Waals surface area contributed by atoms with Crippen LogP contribution in [0.5, 0.6) is 5.75 Å². The number of aromatic nitrogens is 1. The van der Waals surface area contributed by atoms with Crippen LogP contribution >= 0.6 is 0 Å². The summed E-state index contributed by atoms with van der Waals surface area (Å²) in [6.45, 7) is 2.27. The highest BCUT2D eigenvalue weighted by atomic mass is 16.5. The van der Waals surface area contributed by atoms with Crippen LogP contribution in [0.15, 0.2) is 84.6 Å². The van der Waals surface area contributed by atoms with Gasteiger partial charge in [0.2, 0.25) is 0 Å². The third-order valence-corrected chi connectivity index (χ3v) is 6.57. The number of methoxy groups -OCH3 is 1. The van der Waals surface area contributed by atoms with Gasteiger partial charge in [-0.25, -0.2) is 0 Å². The Labute approximate surface area is 203 Å². The number of H-pyrrole nitrogens is 1. The predicted octanol–water partition coefficient (Wildman–Crippen LogP) is 5.15. The first kappa shape index (κ1) is 22.5. The number of aryl methyl sites for hydroxylation is 1. The molecule has 1 aliphatic rings. The number of ether oxygens (including phenoxy) is 1. The molecule has 5 rings (SSSR count). The Bertz CT molecular complexity index is 1450. The first-order valence-corrected chi connectivity index (χ1v) is 11.5. The van der Waals surface area contributed by atoms with E-state index < -0.39 is 17.7 Å². The molecule has 6 nitrogen and oxygen atoms in total. The maximum absolute atomic E-state index is 13.3. The molecule has 1 saturated heterocycles. The van der Waals surface area contributed by atoms with Gasteiger partial charge in [0.25, 0.3) is 11.7 Å². The molecule has 4 aromatic rings. The van der Waals surface area contributed by atoms with Gasteiger partial charge >= 0.3 is 0 Å². The number of para-hydroxylation sites is 1. The molecule has 6 heteroatoms. The number of carbonyl (C=O) groups excluding carboxylic acids is 2. The minimum atomic E-state index is -0.725. The topological polar surface area (TPSA) is 82.6 Å². The van der Waals surface area contributed by atoms with Crippen molar-refractivity contribution >= 4 is 28.4 Å². The number of hydrogen-bond donors (Lipinski definition) is 2. The van der Waals surface area contributed by atoms with Gasteiger partial charge in [-0.15, -0.1) is 0 Å². The molecular formula is C29H26N2O4. The van der Waals surface area contributed by atoms with Crippen LogP contribution in [0.1, 0.15) is 28.3 Å². The molecule has 1 unspecified atom stereocenters. The molecule has 3 aromatic carbocycles. The number of aliphatic hydroxyl groups excluding tert-OH is 1. The van der Waals surface area contributed by atoms with Crippen molar-refractivity contribution in [1.29, 1.82) is 0 Å². The number of carbonyl (C=O) groups is 2. The molecule has 1 fully saturated rings. The lowest BCUT2D eigenvalue weighted by Gasteiger charge is -2.25. The van der Waals surface area contributed by atoms with E-state index in [4.69, 9.17) is 4.74 Å². The van der Waals surface area contributed by atoms with Gasteiger partial charge in [-0.2, -0.15) is 0 Å². The lowest BCUT2D eigenvalue weighted by atomic mass is 9.94. The third-order valence-electron chi connectivity index (χ3n) is 6.57. The Hall–Kier alpha value is -4.32. The first-order chi connectivity index (χ1) is 17.0. The number of aromatic amines is 1. The highest BCUT2D eigenvalue weighted by Gasteiger charge is 2.46. The molecular weight excluding hydrogens is 440 g/mol. The third kappa shape index (κ3) is 4.08. The van der Waals surface area contributed by atoms with Crippen LogP contribution < -0.4 is 4.74 Å². The van der Waals surface area contributed by atoms with Crippen molar-refractivity contribution in [2.24, 2.45) is 0 Å². The first-order valence-electron chi connectivity index (χ1n) is 11.5. The molecule has 0 bridgehead atoms. The Morgan fingerprint density at radius 3 is 2.57 bits per heavy atom. The monoisotopic (exact) mass is 466 g/mol. The van der Waals surface area contributed by atoms with Crippen molar-refractivity contribution in [3.63, 3.8) is 0 Å². The van der Waals surface area contributed by atoms with Gasteiger partial charge in [0.15, 0.2) is 0 Å². The van der Waals surface area contributed by atoms with Gasteiger partial charge in [0.05, 0.1) is 18.7 Å². The van der Waals surface area contributed by atoms with E-state index in [1.807, 2.05) is 67.7 Å². The predicted molar refractivity (Wildman–Crippen MR) is 135 cm³/mol. The number of benzene rings is 3. The van der Waals surface area contributed by atoms with Crippen molar-refractivity contribution in [1.82, 2.24) is 9.88 Å². The van der Waals surface area contributed by atoms with E-state index in [0.717, 1.165) is 22.0 Å². The summed E-state index contributed by atoms with van der Waals surface area (Å²) in [5.41, 5.74) is 4.41. The molecule has 1 aromatic heterocycles. The Balaban J connectivity index is 1.58. The molecule has 0 aliphatic carbocycles. The van der Waals surface area contributed by atoms with Gasteiger partial charge in [-0.3, -0.25) is 9.59 Å². The number of fused-ring (bicyclic) bond motifs is 1. The fourth-order valence-electron chi connectivity index (χ4n) is 4.72. The lowest BCUT2D eigenvalue weighted by molar-refractivity contribution is -0.139. The number of likely N-dealkylation sites (tertiary alicyclic amines) is 1. The second-order valence-corrected chi connectivity index (χ2v) is 8.74. The number of rotatable bonds is 6. The van der Waals surface area contributed by atoms with Gasteiger partial charge in [0, 0.05) is 29.2 Å². The zero-order valence-electron chi connectivity index (χ0n) is 19.6. The average Bonchev–Trinajstić information content (AvgIpc) is 3.41. The smallest absolute Gasteiger partial charge is 0.295 e. The Morgan fingerprint density at radius 2 is 1.80 bits per heavy atom. The number of aliphatic hydroxyl groups is 1. The van der Waals surface area contributed by atoms with E-state index in [9.17, 15) is 14.7 Å². The van der Waals surface area contributed by atoms with Crippen LogP contribution in [0.2, 0.25) is 0 Å². The summed E-state index contributed by atoms with van der Waals surface area (Å²) in [6.07, 6.45) is 2.50. The summed E-state index contributed by atoms with van der Waals surface area (Å²) in [6, 6.07) is 21.8. The van der Waals surface area contributed by atoms with Crippen molar-refractivity contribution in [2.45, 2.75) is 19.4 Å². The molecule has 2 N–H and O–H groups in total. The highest BCUT2D eigenvalue weighted by molar-refractivity contribution is 6.46. The fourth-order valence-corrected chi connectivity index (χ4v) is 4.72. The van der Waals surface area contributed by atoms with Crippen molar-refractivity contribution < 1.29 is 19.4 Å². The summed E-state index contributed by atoms with van der Waals surface area (Å²) in [7, 11) is 1.57. The zero-order chi connectivity index (χ0) is 24.5. The van der Waals surface area contributed by atoms with E-state index in [0.29, 0.717) is 29.8 Å². The number of Topliss-reactive ketones (excluding diaryl/α,β-unsaturated/α-hetero) is 1. The van der Waals surface area contributed by atoms with E-state index in [1.165, 1.54) is 0 Å². The number of amides is 1. The zero-order valence-corrected chi connectivity index (χ0v) is 19.6. The van der Waals surface area contributed by atoms with Crippen LogP contribution in [-0.4, -0.2) is 40.3 Å². The van der Waals surface area contributed by atoms with Gasteiger partial charge in [-0.1, -0.05) is 60.2 Å². The molecule has 176 valence electrons. The number of hydrogen-bond acceptors (Lipinski definition) is 4. The van der Waals surface area contributed by atoms with Gasteiger partial charge in [-0.05, 0) is 42.7 Å². The summed E-state index contributed by atoms with van der Waals surface area (Å²) in [5, 5.41) is 12.3. The van der Waals surface area contributed by atoms with E-state index in [1.54, 1.807) is 30.2 Å². The number of nitrogens with zero attached hydrogens (tertiary/aromatic N) is 1. The molecule has 35 heavy (non-hydrogen) atoms. The van der Waals surface area contributed by atoms with E-state index in [2.05, 4.69) is 4.98 Å².